The third-order valence-corrected chi connectivity index (χ3v) is 2.20. The maximum absolute atomic E-state index is 5.49. The molecule has 0 spiro atoms. The average Bonchev–Trinajstić information content (AvgIpc) is 2.70. The van der Waals surface area contributed by atoms with Gasteiger partial charge in [0.2, 0.25) is 0 Å². The number of ether oxygens (including phenoxy) is 2. The number of hydrogen-bond donors (Lipinski definition) is 1. The lowest BCUT2D eigenvalue weighted by molar-refractivity contribution is 0.112. The number of methoxy groups -OCH3 is 1. The van der Waals surface area contributed by atoms with Crippen LogP contribution in [0.2, 0.25) is 0 Å². The maximum Gasteiger partial charge on any atom is 0.124 e. The third kappa shape index (κ3) is 1.66. The molecule has 0 amide bonds. The Morgan fingerprint density at radius 3 is 3.00 bits per heavy atom. The van der Waals surface area contributed by atoms with E-state index in [2.05, 4.69) is 5.32 Å². The van der Waals surface area contributed by atoms with Crippen LogP contribution in [0.1, 0.15) is 11.7 Å². The Kier molecular flexibility index (Phi) is 2.47. The molecule has 1 N–H and O–H groups in total. The van der Waals surface area contributed by atoms with E-state index in [0.717, 1.165) is 17.9 Å². The summed E-state index contributed by atoms with van der Waals surface area (Å²) in [6.07, 6.45) is 0.135. The topological polar surface area (TPSA) is 30.5 Å². The van der Waals surface area contributed by atoms with Gasteiger partial charge < -0.3 is 9.47 Å². The van der Waals surface area contributed by atoms with Gasteiger partial charge in [-0.15, -0.1) is 0 Å². The molecule has 1 unspecified atom stereocenters. The van der Waals surface area contributed by atoms with E-state index < -0.39 is 0 Å². The van der Waals surface area contributed by atoms with Crippen molar-refractivity contribution in [3.63, 3.8) is 0 Å². The molecule has 0 radical (unpaired) electrons. The maximum atomic E-state index is 5.49. The molecule has 1 aromatic rings. The molecule has 1 aliphatic heterocycles. The van der Waals surface area contributed by atoms with Crippen molar-refractivity contribution in [3.05, 3.63) is 29.8 Å². The summed E-state index contributed by atoms with van der Waals surface area (Å²) in [4.78, 5) is 0. The highest BCUT2D eigenvalue weighted by Gasteiger charge is 2.19. The molecule has 3 heteroatoms. The van der Waals surface area contributed by atoms with Gasteiger partial charge in [0.15, 0.2) is 0 Å². The summed E-state index contributed by atoms with van der Waals surface area (Å²) < 4.78 is 10.7. The van der Waals surface area contributed by atoms with Crippen molar-refractivity contribution in [2.45, 2.75) is 6.10 Å². The van der Waals surface area contributed by atoms with Crippen molar-refractivity contribution < 1.29 is 9.47 Å². The van der Waals surface area contributed by atoms with Crippen LogP contribution in [0.3, 0.4) is 0 Å². The predicted molar refractivity (Wildman–Crippen MR) is 49.7 cm³/mol. The number of para-hydroxylation sites is 1. The molecule has 3 nitrogen and oxygen atoms in total. The largest absolute Gasteiger partial charge is 0.496 e. The van der Waals surface area contributed by atoms with Crippen LogP contribution in [0.15, 0.2) is 24.3 Å². The van der Waals surface area contributed by atoms with Gasteiger partial charge in [0.05, 0.1) is 13.8 Å². The molecular weight excluding hydrogens is 166 g/mol. The molecule has 2 rings (SSSR count). The highest BCUT2D eigenvalue weighted by Crippen LogP contribution is 2.28. The fourth-order valence-electron chi connectivity index (χ4n) is 1.54. The number of nitrogens with one attached hydrogen (secondary N) is 1. The highest BCUT2D eigenvalue weighted by atomic mass is 16.5. The molecular formula is C10H13NO2. The van der Waals surface area contributed by atoms with Gasteiger partial charge in [-0.25, -0.2) is 0 Å². The third-order valence-electron chi connectivity index (χ3n) is 2.20. The summed E-state index contributed by atoms with van der Waals surface area (Å²) in [5.74, 6) is 0.899. The van der Waals surface area contributed by atoms with E-state index in [1.807, 2.05) is 24.3 Å². The highest BCUT2D eigenvalue weighted by molar-refractivity contribution is 5.35. The van der Waals surface area contributed by atoms with Crippen molar-refractivity contribution in [3.8, 4) is 5.75 Å². The Morgan fingerprint density at radius 1 is 1.46 bits per heavy atom. The van der Waals surface area contributed by atoms with Crippen LogP contribution in [0.25, 0.3) is 0 Å². The Balaban J connectivity index is 2.26. The van der Waals surface area contributed by atoms with Gasteiger partial charge in [0, 0.05) is 12.1 Å². The van der Waals surface area contributed by atoms with Gasteiger partial charge in [-0.3, -0.25) is 5.32 Å². The zero-order valence-electron chi connectivity index (χ0n) is 7.62. The summed E-state index contributed by atoms with van der Waals surface area (Å²) >= 11 is 0. The van der Waals surface area contributed by atoms with Crippen LogP contribution >= 0.6 is 0 Å². The van der Waals surface area contributed by atoms with Crippen molar-refractivity contribution in [2.75, 3.05) is 20.4 Å². The summed E-state index contributed by atoms with van der Waals surface area (Å²) in [6, 6.07) is 7.96. The van der Waals surface area contributed by atoms with Crippen molar-refractivity contribution in [1.29, 1.82) is 0 Å². The lowest BCUT2D eigenvalue weighted by atomic mass is 10.1. The second-order valence-corrected chi connectivity index (χ2v) is 3.00. The fourth-order valence-corrected chi connectivity index (χ4v) is 1.54. The second kappa shape index (κ2) is 3.77. The zero-order valence-corrected chi connectivity index (χ0v) is 7.62. The standard InChI is InChI=1S/C10H13NO2/c1-12-9-5-3-2-4-8(9)10-6-11-7-13-10/h2-5,10-11H,6-7H2,1H3. The van der Waals surface area contributed by atoms with E-state index >= 15 is 0 Å². The minimum Gasteiger partial charge on any atom is -0.496 e. The van der Waals surface area contributed by atoms with E-state index in [-0.39, 0.29) is 6.10 Å². The fraction of sp³-hybridized carbons (Fsp3) is 0.400. The van der Waals surface area contributed by atoms with Gasteiger partial charge >= 0.3 is 0 Å². The van der Waals surface area contributed by atoms with Crippen molar-refractivity contribution in [1.82, 2.24) is 5.32 Å². The first kappa shape index (κ1) is 8.53. The SMILES string of the molecule is COc1ccccc1C1CNCO1. The molecule has 1 heterocycles. The number of benzene rings is 1. The Labute approximate surface area is 77.7 Å². The Bertz CT molecular complexity index is 282. The Hall–Kier alpha value is -1.06. The number of hydrogen-bond acceptors (Lipinski definition) is 3. The molecule has 1 atom stereocenters. The first-order chi connectivity index (χ1) is 6.42. The van der Waals surface area contributed by atoms with Crippen LogP contribution in [0, 0.1) is 0 Å². The van der Waals surface area contributed by atoms with Crippen LogP contribution in [-0.4, -0.2) is 20.4 Å². The van der Waals surface area contributed by atoms with Gasteiger partial charge in [0.1, 0.15) is 11.9 Å². The summed E-state index contributed by atoms with van der Waals surface area (Å²) in [5, 5.41) is 3.14. The van der Waals surface area contributed by atoms with Crippen LogP contribution in [0.5, 0.6) is 5.75 Å². The minimum atomic E-state index is 0.135. The van der Waals surface area contributed by atoms with Crippen LogP contribution < -0.4 is 10.1 Å². The van der Waals surface area contributed by atoms with E-state index in [1.54, 1.807) is 7.11 Å². The van der Waals surface area contributed by atoms with Crippen LogP contribution in [-0.2, 0) is 4.74 Å². The molecule has 0 bridgehead atoms. The zero-order chi connectivity index (χ0) is 9.10. The molecule has 13 heavy (non-hydrogen) atoms. The van der Waals surface area contributed by atoms with Gasteiger partial charge in [-0.2, -0.15) is 0 Å². The quantitative estimate of drug-likeness (QED) is 0.742. The van der Waals surface area contributed by atoms with Gasteiger partial charge in [-0.1, -0.05) is 18.2 Å². The summed E-state index contributed by atoms with van der Waals surface area (Å²) in [5.41, 5.74) is 1.12. The molecule has 70 valence electrons. The van der Waals surface area contributed by atoms with Crippen LogP contribution in [0.4, 0.5) is 0 Å². The van der Waals surface area contributed by atoms with Gasteiger partial charge in [0.25, 0.3) is 0 Å². The molecule has 1 fully saturated rings. The van der Waals surface area contributed by atoms with E-state index in [0.29, 0.717) is 6.73 Å². The Morgan fingerprint density at radius 2 is 2.31 bits per heavy atom. The van der Waals surface area contributed by atoms with Crippen molar-refractivity contribution in [2.24, 2.45) is 0 Å². The number of rotatable bonds is 2. The minimum absolute atomic E-state index is 0.135. The summed E-state index contributed by atoms with van der Waals surface area (Å²) in [7, 11) is 1.68. The molecule has 1 aromatic carbocycles. The van der Waals surface area contributed by atoms with E-state index in [4.69, 9.17) is 9.47 Å². The lowest BCUT2D eigenvalue weighted by Gasteiger charge is -2.12. The predicted octanol–water partition coefficient (Wildman–Crippen LogP) is 1.31. The lowest BCUT2D eigenvalue weighted by Crippen LogP contribution is -2.08. The normalized spacial score (nSPS) is 21.8. The molecule has 0 aliphatic carbocycles. The molecule has 0 saturated carbocycles. The smallest absolute Gasteiger partial charge is 0.124 e. The van der Waals surface area contributed by atoms with Gasteiger partial charge in [-0.05, 0) is 6.07 Å². The monoisotopic (exact) mass is 179 g/mol. The van der Waals surface area contributed by atoms with E-state index in [9.17, 15) is 0 Å². The summed E-state index contributed by atoms with van der Waals surface area (Å²) in [6.45, 7) is 1.49. The first-order valence-corrected chi connectivity index (χ1v) is 4.37. The van der Waals surface area contributed by atoms with E-state index in [1.165, 1.54) is 0 Å². The average molecular weight is 179 g/mol. The molecule has 1 saturated heterocycles. The van der Waals surface area contributed by atoms with Crippen molar-refractivity contribution >= 4 is 0 Å². The second-order valence-electron chi connectivity index (χ2n) is 3.00. The molecule has 1 aliphatic rings. The first-order valence-electron chi connectivity index (χ1n) is 4.37. The molecule has 0 aromatic heterocycles.